The van der Waals surface area contributed by atoms with E-state index in [0.717, 1.165) is 0 Å². The largest absolute Gasteiger partial charge is 0.257 e. The maximum atomic E-state index is 3.65. The van der Waals surface area contributed by atoms with Crippen molar-refractivity contribution in [3.8, 4) is 0 Å². The maximum Gasteiger partial charge on any atom is 0.257 e. The highest BCUT2D eigenvalue weighted by Gasteiger charge is 2.24. The van der Waals surface area contributed by atoms with Crippen LogP contribution in [-0.4, -0.2) is 4.98 Å². The van der Waals surface area contributed by atoms with Gasteiger partial charge in [0, 0.05) is 0 Å². The molecule has 1 aromatic rings. The number of imidazole rings is 1. The van der Waals surface area contributed by atoms with Gasteiger partial charge in [-0.1, -0.05) is 188 Å². The fourth-order valence-corrected chi connectivity index (χ4v) is 6.79. The lowest BCUT2D eigenvalue weighted by Crippen LogP contribution is -2.41. The Balaban J connectivity index is 2.06. The molecule has 0 aliphatic heterocycles. The van der Waals surface area contributed by atoms with E-state index < -0.39 is 0 Å². The molecule has 0 aromatic carbocycles. The molecule has 242 valence electrons. The lowest BCUT2D eigenvalue weighted by molar-refractivity contribution is -0.727. The Labute approximate surface area is 259 Å². The zero-order valence-corrected chi connectivity index (χ0v) is 29.0. The monoisotopic (exact) mass is 574 g/mol. The lowest BCUT2D eigenvalue weighted by Gasteiger charge is -2.16. The van der Waals surface area contributed by atoms with Gasteiger partial charge in [-0.25, -0.2) is 9.55 Å². The van der Waals surface area contributed by atoms with Crippen molar-refractivity contribution in [2.75, 3.05) is 0 Å². The van der Waals surface area contributed by atoms with Crippen molar-refractivity contribution >= 4 is 0 Å². The van der Waals surface area contributed by atoms with E-state index in [4.69, 9.17) is 0 Å². The summed E-state index contributed by atoms with van der Waals surface area (Å²) in [4.78, 5) is 3.65. The molecule has 2 nitrogen and oxygen atoms in total. The van der Waals surface area contributed by atoms with Gasteiger partial charge in [0.2, 0.25) is 0 Å². The second kappa shape index (κ2) is 29.3. The zero-order valence-electron chi connectivity index (χ0n) is 29.0. The Bertz CT molecular complexity index is 635. The summed E-state index contributed by atoms with van der Waals surface area (Å²) < 4.78 is 2.58. The van der Waals surface area contributed by atoms with Crippen LogP contribution in [0.3, 0.4) is 0 Å². The smallest absolute Gasteiger partial charge is 0.247 e. The third-order valence-corrected chi connectivity index (χ3v) is 9.73. The van der Waals surface area contributed by atoms with Crippen molar-refractivity contribution in [2.45, 2.75) is 232 Å². The van der Waals surface area contributed by atoms with Gasteiger partial charge in [-0.3, -0.25) is 0 Å². The minimum absolute atomic E-state index is 0.620. The highest BCUT2D eigenvalue weighted by Crippen LogP contribution is 2.24. The number of nitrogens with one attached hydrogen (secondary N) is 1. The van der Waals surface area contributed by atoms with Gasteiger partial charge in [0.25, 0.3) is 5.82 Å². The molecule has 0 bridgehead atoms. The van der Waals surface area contributed by atoms with Crippen LogP contribution in [0.15, 0.2) is 12.4 Å². The molecule has 0 amide bonds. The molecule has 2 unspecified atom stereocenters. The van der Waals surface area contributed by atoms with Gasteiger partial charge in [-0.15, -0.1) is 0 Å². The average molecular weight is 574 g/mol. The van der Waals surface area contributed by atoms with Crippen molar-refractivity contribution in [3.05, 3.63) is 18.2 Å². The topological polar surface area (TPSA) is 19.7 Å². The summed E-state index contributed by atoms with van der Waals surface area (Å²) in [6.45, 7) is 9.44. The van der Waals surface area contributed by atoms with Crippen LogP contribution < -0.4 is 4.57 Å². The SMILES string of the molecule is CCCCCCCCCCCCCCCCCC(CC)c1[nH]cc[n+]1C(C)CCCCCCCCCCCCCC. The van der Waals surface area contributed by atoms with E-state index in [-0.39, 0.29) is 0 Å². The summed E-state index contributed by atoms with van der Waals surface area (Å²) in [5.74, 6) is 2.18. The van der Waals surface area contributed by atoms with Gasteiger partial charge < -0.3 is 0 Å². The number of hydrogen-bond acceptors (Lipinski definition) is 0. The van der Waals surface area contributed by atoms with E-state index in [1.807, 2.05) is 0 Å². The number of aromatic amines is 1. The van der Waals surface area contributed by atoms with Crippen LogP contribution in [0.5, 0.6) is 0 Å². The van der Waals surface area contributed by atoms with Crippen molar-refractivity contribution in [2.24, 2.45) is 0 Å². The second-order valence-corrected chi connectivity index (χ2v) is 13.6. The predicted octanol–water partition coefficient (Wildman–Crippen LogP) is 13.7. The summed E-state index contributed by atoms with van der Waals surface area (Å²) in [7, 11) is 0. The molecule has 0 saturated carbocycles. The van der Waals surface area contributed by atoms with Crippen LogP contribution in [0.25, 0.3) is 0 Å². The summed E-state index contributed by atoms with van der Waals surface area (Å²) >= 11 is 0. The molecule has 0 radical (unpaired) electrons. The minimum Gasteiger partial charge on any atom is -0.247 e. The molecule has 1 rings (SSSR count). The van der Waals surface area contributed by atoms with Crippen LogP contribution in [0.2, 0.25) is 0 Å². The summed E-state index contributed by atoms with van der Waals surface area (Å²) in [5.41, 5.74) is 0. The molecule has 1 heterocycles. The van der Waals surface area contributed by atoms with Crippen LogP contribution in [-0.2, 0) is 0 Å². The first-order valence-corrected chi connectivity index (χ1v) is 19.3. The minimum atomic E-state index is 0.620. The van der Waals surface area contributed by atoms with E-state index in [9.17, 15) is 0 Å². The first-order valence-electron chi connectivity index (χ1n) is 19.3. The number of hydrogen-bond donors (Lipinski definition) is 1. The fraction of sp³-hybridized carbons (Fsp3) is 0.923. The molecule has 1 N–H and O–H groups in total. The molecule has 1 aromatic heterocycles. The quantitative estimate of drug-likeness (QED) is 0.0653. The van der Waals surface area contributed by atoms with Gasteiger partial charge in [-0.2, -0.15) is 0 Å². The van der Waals surface area contributed by atoms with Gasteiger partial charge in [0.1, 0.15) is 12.4 Å². The molecule has 0 spiro atoms. The molecular formula is C39H77N2+. The third kappa shape index (κ3) is 21.5. The Morgan fingerprint density at radius 1 is 0.488 bits per heavy atom. The third-order valence-electron chi connectivity index (χ3n) is 9.73. The van der Waals surface area contributed by atoms with E-state index in [1.165, 1.54) is 198 Å². The van der Waals surface area contributed by atoms with Crippen molar-refractivity contribution in [1.29, 1.82) is 0 Å². The zero-order chi connectivity index (χ0) is 29.6. The van der Waals surface area contributed by atoms with Crippen LogP contribution >= 0.6 is 0 Å². The van der Waals surface area contributed by atoms with Gasteiger partial charge >= 0.3 is 0 Å². The van der Waals surface area contributed by atoms with Crippen LogP contribution in [0, 0.1) is 0 Å². The van der Waals surface area contributed by atoms with Crippen LogP contribution in [0.4, 0.5) is 0 Å². The summed E-state index contributed by atoms with van der Waals surface area (Å²) in [5, 5.41) is 0. The summed E-state index contributed by atoms with van der Waals surface area (Å²) in [6, 6.07) is 0.620. The number of rotatable bonds is 32. The Kier molecular flexibility index (Phi) is 27.3. The maximum absolute atomic E-state index is 3.65. The van der Waals surface area contributed by atoms with Crippen molar-refractivity contribution in [1.82, 2.24) is 4.98 Å². The lowest BCUT2D eigenvalue weighted by atomic mass is 9.96. The van der Waals surface area contributed by atoms with Gasteiger partial charge in [-0.05, 0) is 32.6 Å². The molecule has 0 fully saturated rings. The molecule has 2 heteroatoms. The van der Waals surface area contributed by atoms with Crippen molar-refractivity contribution < 1.29 is 4.57 Å². The number of aromatic nitrogens is 2. The van der Waals surface area contributed by atoms with E-state index in [1.54, 1.807) is 0 Å². The summed E-state index contributed by atoms with van der Waals surface area (Å²) in [6.07, 6.45) is 47.4. The second-order valence-electron chi connectivity index (χ2n) is 13.6. The van der Waals surface area contributed by atoms with E-state index in [0.29, 0.717) is 12.0 Å². The Morgan fingerprint density at radius 3 is 1.20 bits per heavy atom. The molecular weight excluding hydrogens is 496 g/mol. The normalized spacial score (nSPS) is 13.2. The fourth-order valence-electron chi connectivity index (χ4n) is 6.79. The van der Waals surface area contributed by atoms with Crippen molar-refractivity contribution in [3.63, 3.8) is 0 Å². The highest BCUT2D eigenvalue weighted by atomic mass is 15.1. The van der Waals surface area contributed by atoms with E-state index >= 15 is 0 Å². The van der Waals surface area contributed by atoms with Crippen LogP contribution in [0.1, 0.15) is 238 Å². The molecule has 2 atom stereocenters. The molecule has 0 aliphatic rings. The molecule has 0 aliphatic carbocycles. The number of unbranched alkanes of at least 4 members (excludes halogenated alkanes) is 25. The van der Waals surface area contributed by atoms with Gasteiger partial charge in [0.05, 0.1) is 12.0 Å². The standard InChI is InChI=1S/C39H76N2/c1-5-8-10-12-14-16-18-20-21-22-24-26-28-30-32-34-38(7-3)39-40-35-36-41(39)37(4)33-31-29-27-25-23-19-17-15-13-11-9-6-2/h35-38H,5-34H2,1-4H3/p+1. The molecule has 41 heavy (non-hydrogen) atoms. The molecule has 0 saturated heterocycles. The Morgan fingerprint density at radius 2 is 0.829 bits per heavy atom. The van der Waals surface area contributed by atoms with E-state index in [2.05, 4.69) is 49.6 Å². The first kappa shape index (κ1) is 38.2. The highest BCUT2D eigenvalue weighted by molar-refractivity contribution is 4.89. The van der Waals surface area contributed by atoms with Gasteiger partial charge in [0.15, 0.2) is 0 Å². The first-order chi connectivity index (χ1) is 20.2. The average Bonchev–Trinajstić information content (AvgIpc) is 3.47. The number of nitrogens with zero attached hydrogens (tertiary/aromatic N) is 1. The predicted molar refractivity (Wildman–Crippen MR) is 184 cm³/mol. The number of H-pyrrole nitrogens is 1. The Hall–Kier alpha value is -0.790.